The van der Waals surface area contributed by atoms with Crippen LogP contribution in [0.2, 0.25) is 0 Å². The number of halogens is 1. The van der Waals surface area contributed by atoms with Gasteiger partial charge in [0.15, 0.2) is 0 Å². The summed E-state index contributed by atoms with van der Waals surface area (Å²) in [5.74, 6) is -1.48. The van der Waals surface area contributed by atoms with Crippen LogP contribution >= 0.6 is 0 Å². The molecular weight excluding hydrogens is 247 g/mol. The van der Waals surface area contributed by atoms with Crippen molar-refractivity contribution in [3.8, 4) is 0 Å². The minimum absolute atomic E-state index is 0.0668. The number of hydrogen-bond acceptors (Lipinski definition) is 2. The third kappa shape index (κ3) is 3.13. The second-order valence-corrected chi connectivity index (χ2v) is 5.34. The Morgan fingerprint density at radius 2 is 1.79 bits per heavy atom. The van der Waals surface area contributed by atoms with Crippen LogP contribution in [0, 0.1) is 11.7 Å². The minimum atomic E-state index is -1.39. The van der Waals surface area contributed by atoms with Gasteiger partial charge in [-0.1, -0.05) is 31.4 Å². The van der Waals surface area contributed by atoms with Crippen molar-refractivity contribution in [1.82, 2.24) is 0 Å². The van der Waals surface area contributed by atoms with Gasteiger partial charge in [0.25, 0.3) is 0 Å². The monoisotopic (exact) mass is 266 g/mol. The summed E-state index contributed by atoms with van der Waals surface area (Å²) >= 11 is 0. The van der Waals surface area contributed by atoms with Gasteiger partial charge in [-0.3, -0.25) is 4.79 Å². The molecule has 0 radical (unpaired) electrons. The van der Waals surface area contributed by atoms with E-state index in [4.69, 9.17) is 5.11 Å². The van der Waals surface area contributed by atoms with E-state index in [0.717, 1.165) is 32.1 Å². The van der Waals surface area contributed by atoms with Crippen molar-refractivity contribution >= 4 is 5.97 Å². The lowest BCUT2D eigenvalue weighted by Crippen LogP contribution is -2.38. The van der Waals surface area contributed by atoms with E-state index >= 15 is 0 Å². The quantitative estimate of drug-likeness (QED) is 0.880. The number of rotatable bonds is 4. The van der Waals surface area contributed by atoms with E-state index in [1.807, 2.05) is 0 Å². The van der Waals surface area contributed by atoms with Crippen LogP contribution in [0.1, 0.15) is 44.1 Å². The molecule has 2 rings (SSSR count). The number of aliphatic hydroxyl groups is 1. The van der Waals surface area contributed by atoms with Crippen LogP contribution in [0.25, 0.3) is 0 Å². The third-order valence-corrected chi connectivity index (χ3v) is 4.05. The summed E-state index contributed by atoms with van der Waals surface area (Å²) in [6.45, 7) is 0. The van der Waals surface area contributed by atoms with Gasteiger partial charge in [-0.05, 0) is 36.5 Å². The van der Waals surface area contributed by atoms with Gasteiger partial charge in [0.05, 0.1) is 6.42 Å². The summed E-state index contributed by atoms with van der Waals surface area (Å²) in [4.78, 5) is 11.1. The first kappa shape index (κ1) is 14.0. The fourth-order valence-corrected chi connectivity index (χ4v) is 3.03. The van der Waals surface area contributed by atoms with E-state index < -0.39 is 11.6 Å². The highest BCUT2D eigenvalue weighted by atomic mass is 19.1. The van der Waals surface area contributed by atoms with E-state index in [1.54, 1.807) is 0 Å². The molecular formula is C15H19FO3. The van der Waals surface area contributed by atoms with Gasteiger partial charge in [0, 0.05) is 0 Å². The molecule has 0 saturated heterocycles. The van der Waals surface area contributed by atoms with Crippen LogP contribution in [0.4, 0.5) is 4.39 Å². The Hall–Kier alpha value is -1.42. The van der Waals surface area contributed by atoms with E-state index in [9.17, 15) is 14.3 Å². The Morgan fingerprint density at radius 1 is 1.21 bits per heavy atom. The van der Waals surface area contributed by atoms with E-state index in [-0.39, 0.29) is 18.2 Å². The lowest BCUT2D eigenvalue weighted by Gasteiger charge is -2.38. The molecule has 1 aliphatic carbocycles. The molecule has 1 aromatic carbocycles. The Bertz CT molecular complexity index is 437. The Balaban J connectivity index is 2.32. The van der Waals surface area contributed by atoms with Gasteiger partial charge >= 0.3 is 5.97 Å². The Morgan fingerprint density at radius 3 is 2.32 bits per heavy atom. The molecule has 104 valence electrons. The first-order chi connectivity index (χ1) is 9.02. The number of hydrogen-bond donors (Lipinski definition) is 2. The van der Waals surface area contributed by atoms with Crippen molar-refractivity contribution < 1.29 is 19.4 Å². The molecule has 1 fully saturated rings. The van der Waals surface area contributed by atoms with Crippen molar-refractivity contribution in [2.24, 2.45) is 5.92 Å². The average molecular weight is 266 g/mol. The maximum Gasteiger partial charge on any atom is 0.306 e. The predicted molar refractivity (Wildman–Crippen MR) is 69.1 cm³/mol. The zero-order chi connectivity index (χ0) is 13.9. The summed E-state index contributed by atoms with van der Waals surface area (Å²) < 4.78 is 13.0. The molecule has 0 heterocycles. The first-order valence-electron chi connectivity index (χ1n) is 6.72. The normalized spacial score (nSPS) is 19.9. The predicted octanol–water partition coefficient (Wildman–Crippen LogP) is 3.07. The average Bonchev–Trinajstić information content (AvgIpc) is 2.39. The molecule has 0 aliphatic heterocycles. The molecule has 0 bridgehead atoms. The molecule has 0 spiro atoms. The number of carboxylic acids is 1. The van der Waals surface area contributed by atoms with Crippen molar-refractivity contribution in [3.05, 3.63) is 35.6 Å². The number of carboxylic acid groups (broad SMARTS) is 1. The molecule has 4 heteroatoms. The molecule has 19 heavy (non-hydrogen) atoms. The second kappa shape index (κ2) is 5.70. The van der Waals surface area contributed by atoms with Crippen LogP contribution in [-0.4, -0.2) is 16.2 Å². The topological polar surface area (TPSA) is 57.5 Å². The fraction of sp³-hybridized carbons (Fsp3) is 0.533. The molecule has 0 amide bonds. The summed E-state index contributed by atoms with van der Waals surface area (Å²) in [6, 6.07) is 5.52. The summed E-state index contributed by atoms with van der Waals surface area (Å²) in [5, 5.41) is 19.9. The first-order valence-corrected chi connectivity index (χ1v) is 6.72. The van der Waals surface area contributed by atoms with Gasteiger partial charge in [0.2, 0.25) is 0 Å². The van der Waals surface area contributed by atoms with Crippen LogP contribution in [0.15, 0.2) is 24.3 Å². The zero-order valence-electron chi connectivity index (χ0n) is 10.8. The highest BCUT2D eigenvalue weighted by molar-refractivity contribution is 5.68. The molecule has 1 unspecified atom stereocenters. The Labute approximate surface area is 112 Å². The maximum absolute atomic E-state index is 13.0. The minimum Gasteiger partial charge on any atom is -0.481 e. The van der Waals surface area contributed by atoms with Crippen molar-refractivity contribution in [2.45, 2.75) is 44.1 Å². The number of carbonyl (C=O) groups is 1. The van der Waals surface area contributed by atoms with Crippen molar-refractivity contribution in [2.75, 3.05) is 0 Å². The summed E-state index contributed by atoms with van der Waals surface area (Å²) in [7, 11) is 0. The van der Waals surface area contributed by atoms with E-state index in [2.05, 4.69) is 0 Å². The van der Waals surface area contributed by atoms with Crippen LogP contribution < -0.4 is 0 Å². The second-order valence-electron chi connectivity index (χ2n) is 5.34. The largest absolute Gasteiger partial charge is 0.481 e. The molecule has 1 aliphatic rings. The van der Waals surface area contributed by atoms with Crippen LogP contribution in [0.3, 0.4) is 0 Å². The lowest BCUT2D eigenvalue weighted by atomic mass is 9.72. The standard InChI is InChI=1S/C15H19FO3/c16-13-8-6-12(7-9-13)15(19,10-14(17)18)11-4-2-1-3-5-11/h6-9,11,19H,1-5,10H2,(H,17,18). The fourth-order valence-electron chi connectivity index (χ4n) is 3.03. The molecule has 3 nitrogen and oxygen atoms in total. The zero-order valence-corrected chi connectivity index (χ0v) is 10.8. The summed E-state index contributed by atoms with van der Waals surface area (Å²) in [6.07, 6.45) is 4.45. The van der Waals surface area contributed by atoms with Crippen LogP contribution in [0.5, 0.6) is 0 Å². The van der Waals surface area contributed by atoms with Gasteiger partial charge in [-0.25, -0.2) is 4.39 Å². The highest BCUT2D eigenvalue weighted by Crippen LogP contribution is 2.41. The van der Waals surface area contributed by atoms with E-state index in [1.165, 1.54) is 24.3 Å². The number of benzene rings is 1. The summed E-state index contributed by atoms with van der Waals surface area (Å²) in [5.41, 5.74) is -0.886. The van der Waals surface area contributed by atoms with Crippen LogP contribution in [-0.2, 0) is 10.4 Å². The maximum atomic E-state index is 13.0. The number of aliphatic carboxylic acids is 1. The van der Waals surface area contributed by atoms with Gasteiger partial charge in [0.1, 0.15) is 11.4 Å². The highest BCUT2D eigenvalue weighted by Gasteiger charge is 2.40. The van der Waals surface area contributed by atoms with Gasteiger partial charge in [-0.2, -0.15) is 0 Å². The molecule has 1 atom stereocenters. The Kier molecular flexibility index (Phi) is 4.20. The van der Waals surface area contributed by atoms with E-state index in [0.29, 0.717) is 5.56 Å². The van der Waals surface area contributed by atoms with Gasteiger partial charge < -0.3 is 10.2 Å². The molecule has 2 N–H and O–H groups in total. The third-order valence-electron chi connectivity index (χ3n) is 4.05. The lowest BCUT2D eigenvalue weighted by molar-refractivity contribution is -0.147. The van der Waals surface area contributed by atoms with Crippen molar-refractivity contribution in [3.63, 3.8) is 0 Å². The molecule has 1 saturated carbocycles. The molecule has 0 aromatic heterocycles. The molecule has 1 aromatic rings. The smallest absolute Gasteiger partial charge is 0.306 e. The van der Waals surface area contributed by atoms with Gasteiger partial charge in [-0.15, -0.1) is 0 Å². The SMILES string of the molecule is O=C(O)CC(O)(c1ccc(F)cc1)C1CCCCC1. The van der Waals surface area contributed by atoms with Crippen molar-refractivity contribution in [1.29, 1.82) is 0 Å².